The minimum atomic E-state index is 0.292. The molecule has 78 valence electrons. The maximum absolute atomic E-state index is 8.50. The summed E-state index contributed by atoms with van der Waals surface area (Å²) < 4.78 is 10.5. The molecule has 0 atom stereocenters. The van der Waals surface area contributed by atoms with Crippen LogP contribution in [-0.4, -0.2) is 20.4 Å². The lowest BCUT2D eigenvalue weighted by atomic mass is 10.2. The molecule has 0 spiro atoms. The van der Waals surface area contributed by atoms with Crippen LogP contribution in [0.2, 0.25) is 0 Å². The van der Waals surface area contributed by atoms with E-state index in [1.165, 1.54) is 0 Å². The fourth-order valence-corrected chi connectivity index (χ4v) is 1.47. The number of ether oxygens (including phenoxy) is 2. The van der Waals surface area contributed by atoms with Crippen molar-refractivity contribution in [2.45, 2.75) is 6.42 Å². The Kier molecular flexibility index (Phi) is 2.64. The van der Waals surface area contributed by atoms with Gasteiger partial charge >= 0.3 is 0 Å². The SMILES string of the molecule is CN(CCC#N)c1ccc2c(c1)OCO2. The van der Waals surface area contributed by atoms with E-state index in [9.17, 15) is 0 Å². The van der Waals surface area contributed by atoms with Crippen molar-refractivity contribution in [1.29, 1.82) is 5.26 Å². The third-order valence-corrected chi connectivity index (χ3v) is 2.36. The molecular formula is C11H12N2O2. The maximum Gasteiger partial charge on any atom is 0.231 e. The molecule has 4 nitrogen and oxygen atoms in total. The first kappa shape index (κ1) is 9.66. The molecule has 1 aromatic carbocycles. The van der Waals surface area contributed by atoms with Crippen LogP contribution in [0.4, 0.5) is 5.69 Å². The molecule has 0 N–H and O–H groups in total. The Morgan fingerprint density at radius 2 is 2.20 bits per heavy atom. The summed E-state index contributed by atoms with van der Waals surface area (Å²) in [7, 11) is 1.95. The Morgan fingerprint density at radius 1 is 1.40 bits per heavy atom. The van der Waals surface area contributed by atoms with Gasteiger partial charge in [-0.25, -0.2) is 0 Å². The second-order valence-electron chi connectivity index (χ2n) is 3.37. The van der Waals surface area contributed by atoms with Gasteiger partial charge in [-0.15, -0.1) is 0 Å². The zero-order valence-electron chi connectivity index (χ0n) is 8.56. The molecule has 0 amide bonds. The molecule has 0 saturated carbocycles. The molecule has 1 aliphatic heterocycles. The first-order valence-electron chi connectivity index (χ1n) is 4.79. The zero-order chi connectivity index (χ0) is 10.7. The van der Waals surface area contributed by atoms with Crippen molar-refractivity contribution in [3.63, 3.8) is 0 Å². The van der Waals surface area contributed by atoms with Crippen molar-refractivity contribution >= 4 is 5.69 Å². The van der Waals surface area contributed by atoms with Gasteiger partial charge in [-0.1, -0.05) is 0 Å². The van der Waals surface area contributed by atoms with E-state index in [0.29, 0.717) is 13.2 Å². The lowest BCUT2D eigenvalue weighted by Gasteiger charge is -2.17. The molecule has 0 unspecified atom stereocenters. The molecule has 0 aliphatic carbocycles. The Hall–Kier alpha value is -1.89. The quantitative estimate of drug-likeness (QED) is 0.752. The third kappa shape index (κ3) is 1.96. The van der Waals surface area contributed by atoms with Crippen LogP contribution in [-0.2, 0) is 0 Å². The number of hydrogen-bond acceptors (Lipinski definition) is 4. The number of anilines is 1. The minimum Gasteiger partial charge on any atom is -0.454 e. The highest BCUT2D eigenvalue weighted by Crippen LogP contribution is 2.35. The Bertz CT molecular complexity index is 398. The van der Waals surface area contributed by atoms with Crippen molar-refractivity contribution < 1.29 is 9.47 Å². The van der Waals surface area contributed by atoms with Crippen LogP contribution >= 0.6 is 0 Å². The lowest BCUT2D eigenvalue weighted by Crippen LogP contribution is -2.17. The molecule has 4 heteroatoms. The molecular weight excluding hydrogens is 192 g/mol. The molecule has 1 aromatic rings. The van der Waals surface area contributed by atoms with Crippen LogP contribution in [0.1, 0.15) is 6.42 Å². The molecule has 0 aromatic heterocycles. The Balaban J connectivity index is 2.12. The first-order valence-corrected chi connectivity index (χ1v) is 4.79. The van der Waals surface area contributed by atoms with Crippen molar-refractivity contribution in [3.05, 3.63) is 18.2 Å². The van der Waals surface area contributed by atoms with E-state index in [4.69, 9.17) is 14.7 Å². The summed E-state index contributed by atoms with van der Waals surface area (Å²) in [5, 5.41) is 8.50. The number of nitriles is 1. The lowest BCUT2D eigenvalue weighted by molar-refractivity contribution is 0.174. The van der Waals surface area contributed by atoms with Crippen molar-refractivity contribution in [2.75, 3.05) is 25.3 Å². The van der Waals surface area contributed by atoms with Crippen LogP contribution in [0.5, 0.6) is 11.5 Å². The van der Waals surface area contributed by atoms with Gasteiger partial charge in [-0.3, -0.25) is 0 Å². The van der Waals surface area contributed by atoms with E-state index < -0.39 is 0 Å². The van der Waals surface area contributed by atoms with Gasteiger partial charge in [-0.2, -0.15) is 5.26 Å². The molecule has 1 aliphatic rings. The predicted molar refractivity (Wildman–Crippen MR) is 56.1 cm³/mol. The first-order chi connectivity index (χ1) is 7.31. The molecule has 1 heterocycles. The van der Waals surface area contributed by atoms with Crippen molar-refractivity contribution in [3.8, 4) is 17.6 Å². The van der Waals surface area contributed by atoms with E-state index in [-0.39, 0.29) is 0 Å². The maximum atomic E-state index is 8.50. The van der Waals surface area contributed by atoms with Crippen LogP contribution in [0.3, 0.4) is 0 Å². The molecule has 0 fully saturated rings. The molecule has 0 saturated heterocycles. The number of fused-ring (bicyclic) bond motifs is 1. The van der Waals surface area contributed by atoms with Gasteiger partial charge < -0.3 is 14.4 Å². The van der Waals surface area contributed by atoms with Crippen LogP contribution < -0.4 is 14.4 Å². The smallest absolute Gasteiger partial charge is 0.231 e. The second-order valence-corrected chi connectivity index (χ2v) is 3.37. The van der Waals surface area contributed by atoms with E-state index in [1.54, 1.807) is 0 Å². The fraction of sp³-hybridized carbons (Fsp3) is 0.364. The molecule has 15 heavy (non-hydrogen) atoms. The third-order valence-electron chi connectivity index (χ3n) is 2.36. The molecule has 2 rings (SSSR count). The van der Waals surface area contributed by atoms with Gasteiger partial charge in [0, 0.05) is 25.3 Å². The second kappa shape index (κ2) is 4.09. The molecule has 0 bridgehead atoms. The van der Waals surface area contributed by atoms with Crippen molar-refractivity contribution in [2.24, 2.45) is 0 Å². The van der Waals surface area contributed by atoms with Crippen molar-refractivity contribution in [1.82, 2.24) is 0 Å². The largest absolute Gasteiger partial charge is 0.454 e. The van der Waals surface area contributed by atoms with E-state index >= 15 is 0 Å². The van der Waals surface area contributed by atoms with Gasteiger partial charge in [-0.05, 0) is 12.1 Å². The highest BCUT2D eigenvalue weighted by Gasteiger charge is 2.14. The summed E-state index contributed by atoms with van der Waals surface area (Å²) in [5.74, 6) is 1.56. The predicted octanol–water partition coefficient (Wildman–Crippen LogP) is 1.77. The number of hydrogen-bond donors (Lipinski definition) is 0. The Labute approximate surface area is 88.6 Å². The topological polar surface area (TPSA) is 45.5 Å². The number of rotatable bonds is 3. The zero-order valence-corrected chi connectivity index (χ0v) is 8.56. The van der Waals surface area contributed by atoms with E-state index in [0.717, 1.165) is 23.7 Å². The monoisotopic (exact) mass is 204 g/mol. The van der Waals surface area contributed by atoms with E-state index in [1.807, 2.05) is 30.1 Å². The minimum absolute atomic E-state index is 0.292. The average Bonchev–Trinajstić information content (AvgIpc) is 2.72. The van der Waals surface area contributed by atoms with E-state index in [2.05, 4.69) is 6.07 Å². The summed E-state index contributed by atoms with van der Waals surface area (Å²) in [6.07, 6.45) is 0.519. The fourth-order valence-electron chi connectivity index (χ4n) is 1.47. The van der Waals surface area contributed by atoms with Gasteiger partial charge in [0.2, 0.25) is 6.79 Å². The summed E-state index contributed by atoms with van der Waals surface area (Å²) in [4.78, 5) is 2.02. The summed E-state index contributed by atoms with van der Waals surface area (Å²) in [6, 6.07) is 7.91. The van der Waals surface area contributed by atoms with Crippen LogP contribution in [0.15, 0.2) is 18.2 Å². The van der Waals surface area contributed by atoms with Gasteiger partial charge in [0.15, 0.2) is 11.5 Å². The molecule has 0 radical (unpaired) electrons. The summed E-state index contributed by atoms with van der Waals surface area (Å²) in [5.41, 5.74) is 1.04. The number of nitrogens with zero attached hydrogens (tertiary/aromatic N) is 2. The van der Waals surface area contributed by atoms with Crippen LogP contribution in [0.25, 0.3) is 0 Å². The van der Waals surface area contributed by atoms with Gasteiger partial charge in [0.25, 0.3) is 0 Å². The van der Waals surface area contributed by atoms with Gasteiger partial charge in [0.1, 0.15) is 0 Å². The standard InChI is InChI=1S/C11H12N2O2/c1-13(6-2-5-12)9-3-4-10-11(7-9)15-8-14-10/h3-4,7H,2,6,8H2,1H3. The highest BCUT2D eigenvalue weighted by atomic mass is 16.7. The highest BCUT2D eigenvalue weighted by molar-refractivity contribution is 5.56. The van der Waals surface area contributed by atoms with Gasteiger partial charge in [0.05, 0.1) is 12.5 Å². The normalized spacial score (nSPS) is 12.3. The summed E-state index contributed by atoms with van der Waals surface area (Å²) >= 11 is 0. The average molecular weight is 204 g/mol. The van der Waals surface area contributed by atoms with Crippen LogP contribution in [0, 0.1) is 11.3 Å². The Morgan fingerprint density at radius 3 is 3.00 bits per heavy atom. The number of benzene rings is 1. The summed E-state index contributed by atoms with van der Waals surface area (Å²) in [6.45, 7) is 1.01.